The van der Waals surface area contributed by atoms with Gasteiger partial charge < -0.3 is 20.2 Å². The first-order valence-electron chi connectivity index (χ1n) is 7.82. The number of carboxylic acid groups (broad SMARTS) is 1. The average molecular weight is 299 g/mol. The fourth-order valence-corrected chi connectivity index (χ4v) is 2.97. The molecule has 122 valence electrons. The quantitative estimate of drug-likeness (QED) is 0.701. The van der Waals surface area contributed by atoms with Crippen LogP contribution in [0.5, 0.6) is 0 Å². The van der Waals surface area contributed by atoms with Crippen molar-refractivity contribution in [2.75, 3.05) is 40.3 Å². The van der Waals surface area contributed by atoms with E-state index in [-0.39, 0.29) is 6.03 Å². The van der Waals surface area contributed by atoms with Crippen LogP contribution in [0.15, 0.2) is 0 Å². The van der Waals surface area contributed by atoms with Crippen molar-refractivity contribution >= 4 is 12.0 Å². The number of amides is 2. The third kappa shape index (κ3) is 5.19. The van der Waals surface area contributed by atoms with E-state index in [4.69, 9.17) is 0 Å². The Balaban J connectivity index is 2.50. The average Bonchev–Trinajstić information content (AvgIpc) is 2.43. The minimum Gasteiger partial charge on any atom is -0.481 e. The van der Waals surface area contributed by atoms with E-state index in [1.807, 2.05) is 21.0 Å². The smallest absolute Gasteiger partial charge is 0.317 e. The van der Waals surface area contributed by atoms with Crippen molar-refractivity contribution in [3.05, 3.63) is 0 Å². The molecule has 0 aromatic heterocycles. The number of nitrogens with one attached hydrogen (secondary N) is 1. The van der Waals surface area contributed by atoms with E-state index in [2.05, 4.69) is 10.2 Å². The summed E-state index contributed by atoms with van der Waals surface area (Å²) < 4.78 is 0. The molecule has 6 nitrogen and oxygen atoms in total. The second-order valence-corrected chi connectivity index (χ2v) is 6.25. The van der Waals surface area contributed by atoms with Gasteiger partial charge in [-0.25, -0.2) is 4.79 Å². The molecule has 1 heterocycles. The lowest BCUT2D eigenvalue weighted by Crippen LogP contribution is -2.52. The summed E-state index contributed by atoms with van der Waals surface area (Å²) in [5.41, 5.74) is -0.756. The highest BCUT2D eigenvalue weighted by atomic mass is 16.4. The lowest BCUT2D eigenvalue weighted by Gasteiger charge is -2.39. The predicted octanol–water partition coefficient (Wildman–Crippen LogP) is 1.61. The molecule has 6 heteroatoms. The minimum absolute atomic E-state index is 0.129. The van der Waals surface area contributed by atoms with Crippen molar-refractivity contribution in [1.29, 1.82) is 0 Å². The van der Waals surface area contributed by atoms with Crippen LogP contribution in [0.25, 0.3) is 0 Å². The number of hydrogen-bond donors (Lipinski definition) is 2. The maximum Gasteiger partial charge on any atom is 0.317 e. The van der Waals surface area contributed by atoms with Gasteiger partial charge in [-0.05, 0) is 46.3 Å². The van der Waals surface area contributed by atoms with Crippen molar-refractivity contribution in [3.8, 4) is 0 Å². The van der Waals surface area contributed by atoms with Gasteiger partial charge in [0.15, 0.2) is 0 Å². The van der Waals surface area contributed by atoms with Gasteiger partial charge in [0.05, 0.1) is 5.41 Å². The molecule has 0 spiro atoms. The molecule has 1 saturated heterocycles. The molecule has 1 atom stereocenters. The van der Waals surface area contributed by atoms with Crippen LogP contribution in [0.2, 0.25) is 0 Å². The van der Waals surface area contributed by atoms with Gasteiger partial charge in [0.1, 0.15) is 0 Å². The third-order valence-electron chi connectivity index (χ3n) is 4.10. The summed E-state index contributed by atoms with van der Waals surface area (Å²) in [6.07, 6.45) is 3.78. The highest BCUT2D eigenvalue weighted by Gasteiger charge is 2.42. The Morgan fingerprint density at radius 2 is 2.10 bits per heavy atom. The van der Waals surface area contributed by atoms with Gasteiger partial charge in [-0.1, -0.05) is 13.3 Å². The molecule has 1 aliphatic heterocycles. The van der Waals surface area contributed by atoms with Crippen molar-refractivity contribution in [2.24, 2.45) is 5.41 Å². The van der Waals surface area contributed by atoms with E-state index in [0.717, 1.165) is 25.8 Å². The Kier molecular flexibility index (Phi) is 6.95. The summed E-state index contributed by atoms with van der Waals surface area (Å²) in [6.45, 7) is 4.52. The van der Waals surface area contributed by atoms with Gasteiger partial charge in [0.25, 0.3) is 0 Å². The van der Waals surface area contributed by atoms with Gasteiger partial charge in [0, 0.05) is 19.6 Å². The number of carbonyl (C=O) groups is 2. The molecule has 21 heavy (non-hydrogen) atoms. The van der Waals surface area contributed by atoms with E-state index >= 15 is 0 Å². The van der Waals surface area contributed by atoms with E-state index < -0.39 is 11.4 Å². The van der Waals surface area contributed by atoms with Crippen molar-refractivity contribution < 1.29 is 14.7 Å². The van der Waals surface area contributed by atoms with Crippen molar-refractivity contribution in [3.63, 3.8) is 0 Å². The number of rotatable bonds is 7. The number of aliphatic carboxylic acids is 1. The topological polar surface area (TPSA) is 72.9 Å². The Morgan fingerprint density at radius 1 is 1.38 bits per heavy atom. The number of piperidine rings is 1. The van der Waals surface area contributed by atoms with E-state index in [1.54, 1.807) is 4.90 Å². The molecule has 1 rings (SSSR count). The Morgan fingerprint density at radius 3 is 2.67 bits per heavy atom. The van der Waals surface area contributed by atoms with Gasteiger partial charge in [0.2, 0.25) is 0 Å². The van der Waals surface area contributed by atoms with Gasteiger partial charge in [-0.3, -0.25) is 4.79 Å². The van der Waals surface area contributed by atoms with Crippen LogP contribution >= 0.6 is 0 Å². The molecule has 0 saturated carbocycles. The first kappa shape index (κ1) is 17.8. The molecule has 0 radical (unpaired) electrons. The fraction of sp³-hybridized carbons (Fsp3) is 0.867. The van der Waals surface area contributed by atoms with Crippen LogP contribution in [-0.4, -0.2) is 67.2 Å². The lowest BCUT2D eigenvalue weighted by atomic mass is 9.76. The number of urea groups is 1. The summed E-state index contributed by atoms with van der Waals surface area (Å²) in [5, 5.41) is 12.4. The number of carboxylic acids is 1. The van der Waals surface area contributed by atoms with Crippen LogP contribution in [0.4, 0.5) is 4.79 Å². The maximum absolute atomic E-state index is 12.2. The molecule has 1 aliphatic rings. The zero-order chi connectivity index (χ0) is 15.9. The molecule has 1 fully saturated rings. The molecule has 0 aliphatic carbocycles. The van der Waals surface area contributed by atoms with Crippen molar-refractivity contribution in [1.82, 2.24) is 15.1 Å². The zero-order valence-electron chi connectivity index (χ0n) is 13.5. The molecule has 2 N–H and O–H groups in total. The summed E-state index contributed by atoms with van der Waals surface area (Å²) in [7, 11) is 4.00. The molecule has 0 bridgehead atoms. The Bertz CT molecular complexity index is 356. The van der Waals surface area contributed by atoms with E-state index in [1.165, 1.54) is 0 Å². The predicted molar refractivity (Wildman–Crippen MR) is 82.4 cm³/mol. The minimum atomic E-state index is -0.769. The lowest BCUT2D eigenvalue weighted by molar-refractivity contribution is -0.152. The molecule has 1 unspecified atom stereocenters. The second-order valence-electron chi connectivity index (χ2n) is 6.25. The van der Waals surface area contributed by atoms with E-state index in [9.17, 15) is 14.7 Å². The van der Waals surface area contributed by atoms with Crippen molar-refractivity contribution in [2.45, 2.75) is 39.0 Å². The normalized spacial score (nSPS) is 22.4. The maximum atomic E-state index is 12.2. The van der Waals surface area contributed by atoms with Crippen LogP contribution in [0, 0.1) is 5.41 Å². The molecule has 2 amide bonds. The largest absolute Gasteiger partial charge is 0.481 e. The highest BCUT2D eigenvalue weighted by Crippen LogP contribution is 2.35. The number of likely N-dealkylation sites (tertiary alicyclic amines) is 1. The number of carbonyl (C=O) groups excluding carboxylic acids is 1. The summed E-state index contributed by atoms with van der Waals surface area (Å²) in [6, 6.07) is -0.129. The van der Waals surface area contributed by atoms with Crippen LogP contribution < -0.4 is 5.32 Å². The van der Waals surface area contributed by atoms with Crippen LogP contribution in [0.1, 0.15) is 39.0 Å². The molecule has 0 aromatic rings. The van der Waals surface area contributed by atoms with E-state index in [0.29, 0.717) is 32.5 Å². The van der Waals surface area contributed by atoms with Gasteiger partial charge in [-0.2, -0.15) is 0 Å². The SMILES string of the molecule is CCCC1(C(=O)O)CCCN(C(=O)NCCCN(C)C)C1. The van der Waals surface area contributed by atoms with Gasteiger partial charge in [-0.15, -0.1) is 0 Å². The zero-order valence-corrected chi connectivity index (χ0v) is 13.5. The van der Waals surface area contributed by atoms with Gasteiger partial charge >= 0.3 is 12.0 Å². The monoisotopic (exact) mass is 299 g/mol. The first-order valence-corrected chi connectivity index (χ1v) is 7.82. The summed E-state index contributed by atoms with van der Waals surface area (Å²) in [4.78, 5) is 27.5. The van der Waals surface area contributed by atoms with Crippen LogP contribution in [0.3, 0.4) is 0 Å². The first-order chi connectivity index (χ1) is 9.91. The fourth-order valence-electron chi connectivity index (χ4n) is 2.97. The highest BCUT2D eigenvalue weighted by molar-refractivity contribution is 5.78. The molecule has 0 aromatic carbocycles. The molecular formula is C15H29N3O3. The second kappa shape index (κ2) is 8.22. The molecular weight excluding hydrogens is 270 g/mol. The number of hydrogen-bond acceptors (Lipinski definition) is 3. The third-order valence-corrected chi connectivity index (χ3v) is 4.10. The van der Waals surface area contributed by atoms with Crippen LogP contribution in [-0.2, 0) is 4.79 Å². The summed E-state index contributed by atoms with van der Waals surface area (Å²) >= 11 is 0. The Hall–Kier alpha value is -1.30. The standard InChI is InChI=1S/C15H29N3O3/c1-4-7-15(13(19)20)8-5-11-18(12-15)14(21)16-9-6-10-17(2)3/h4-12H2,1-3H3,(H,16,21)(H,19,20). The number of nitrogens with zero attached hydrogens (tertiary/aromatic N) is 2. The Labute approximate surface area is 127 Å². The summed E-state index contributed by atoms with van der Waals surface area (Å²) in [5.74, 6) is -0.769.